The maximum atomic E-state index is 8.89. The fraction of sp³-hybridized carbons (Fsp3) is 0.200. The summed E-state index contributed by atoms with van der Waals surface area (Å²) in [6, 6.07) is 10.2. The zero-order chi connectivity index (χ0) is 13.9. The number of anilines is 1. The van der Waals surface area contributed by atoms with Gasteiger partial charge in [-0.05, 0) is 23.6 Å². The smallest absolute Gasteiger partial charge is 0.172 e. The van der Waals surface area contributed by atoms with Crippen LogP contribution in [0.5, 0.6) is 0 Å². The van der Waals surface area contributed by atoms with Crippen molar-refractivity contribution in [3.05, 3.63) is 59.4 Å². The van der Waals surface area contributed by atoms with E-state index in [-0.39, 0.29) is 5.84 Å². The summed E-state index contributed by atoms with van der Waals surface area (Å²) in [5.41, 5.74) is 10.1. The lowest BCUT2D eigenvalue weighted by Crippen LogP contribution is -2.32. The quantitative estimate of drug-likeness (QED) is 0.376. The Morgan fingerprint density at radius 1 is 1.25 bits per heavy atom. The summed E-state index contributed by atoms with van der Waals surface area (Å²) in [6.45, 7) is 1.71. The van der Waals surface area contributed by atoms with Crippen LogP contribution < -0.4 is 10.6 Å². The van der Waals surface area contributed by atoms with Crippen LogP contribution in [0.4, 0.5) is 5.69 Å². The highest BCUT2D eigenvalue weighted by Gasteiger charge is 2.19. The largest absolute Gasteiger partial charge is 0.409 e. The number of nitrogens with two attached hydrogens (primary N) is 1. The van der Waals surface area contributed by atoms with Crippen molar-refractivity contribution in [1.29, 1.82) is 0 Å². The highest BCUT2D eigenvalue weighted by Crippen LogP contribution is 2.26. The first kappa shape index (κ1) is 12.5. The number of rotatable bonds is 2. The second-order valence-electron chi connectivity index (χ2n) is 4.82. The summed E-state index contributed by atoms with van der Waals surface area (Å²) in [7, 11) is 0. The highest BCUT2D eigenvalue weighted by molar-refractivity contribution is 6.02. The number of hydrogen-bond acceptors (Lipinski definition) is 4. The zero-order valence-corrected chi connectivity index (χ0v) is 11.0. The molecule has 0 atom stereocenters. The van der Waals surface area contributed by atoms with Crippen molar-refractivity contribution in [2.45, 2.75) is 13.0 Å². The van der Waals surface area contributed by atoms with E-state index in [1.165, 1.54) is 11.1 Å². The molecule has 2 heterocycles. The topological polar surface area (TPSA) is 74.7 Å². The van der Waals surface area contributed by atoms with Gasteiger partial charge in [-0.3, -0.25) is 4.98 Å². The Balaban J connectivity index is 1.96. The molecule has 0 saturated carbocycles. The van der Waals surface area contributed by atoms with E-state index in [1.807, 2.05) is 0 Å². The summed E-state index contributed by atoms with van der Waals surface area (Å²) >= 11 is 0. The van der Waals surface area contributed by atoms with Gasteiger partial charge >= 0.3 is 0 Å². The van der Waals surface area contributed by atoms with Crippen molar-refractivity contribution in [2.24, 2.45) is 10.9 Å². The molecule has 5 nitrogen and oxygen atoms in total. The molecular formula is C15H16N4O. The van der Waals surface area contributed by atoms with Gasteiger partial charge in [0, 0.05) is 24.8 Å². The Bertz CT molecular complexity index is 654. The minimum Gasteiger partial charge on any atom is -0.409 e. The van der Waals surface area contributed by atoms with Gasteiger partial charge in [0.2, 0.25) is 0 Å². The fourth-order valence-corrected chi connectivity index (χ4v) is 2.61. The number of amidine groups is 1. The van der Waals surface area contributed by atoms with Crippen LogP contribution in [-0.2, 0) is 13.0 Å². The first-order chi connectivity index (χ1) is 9.79. The maximum absolute atomic E-state index is 8.89. The third kappa shape index (κ3) is 2.18. The van der Waals surface area contributed by atoms with E-state index in [2.05, 4.69) is 39.3 Å². The summed E-state index contributed by atoms with van der Waals surface area (Å²) in [6.07, 6.45) is 4.40. The van der Waals surface area contributed by atoms with Gasteiger partial charge in [-0.25, -0.2) is 0 Å². The molecule has 5 heteroatoms. The lowest BCUT2D eigenvalue weighted by atomic mass is 9.99. The molecule has 1 aromatic carbocycles. The molecule has 1 aliphatic rings. The highest BCUT2D eigenvalue weighted by atomic mass is 16.4. The van der Waals surface area contributed by atoms with Crippen molar-refractivity contribution in [1.82, 2.24) is 4.98 Å². The number of pyridine rings is 1. The molecule has 102 valence electrons. The minimum absolute atomic E-state index is 0.112. The number of fused-ring (bicyclic) bond motifs is 1. The van der Waals surface area contributed by atoms with Crippen LogP contribution in [-0.4, -0.2) is 22.6 Å². The molecule has 0 bridgehead atoms. The molecule has 0 radical (unpaired) electrons. The van der Waals surface area contributed by atoms with E-state index in [4.69, 9.17) is 10.9 Å². The van der Waals surface area contributed by atoms with E-state index >= 15 is 0 Å². The van der Waals surface area contributed by atoms with E-state index in [9.17, 15) is 0 Å². The van der Waals surface area contributed by atoms with Gasteiger partial charge in [0.1, 0.15) is 0 Å². The minimum atomic E-state index is 0.112. The van der Waals surface area contributed by atoms with Gasteiger partial charge in [0.05, 0.1) is 11.9 Å². The number of benzene rings is 1. The summed E-state index contributed by atoms with van der Waals surface area (Å²) in [4.78, 5) is 6.37. The molecule has 0 saturated heterocycles. The molecule has 2 aromatic rings. The van der Waals surface area contributed by atoms with E-state index in [1.54, 1.807) is 18.5 Å². The van der Waals surface area contributed by atoms with E-state index in [0.29, 0.717) is 5.56 Å². The lowest BCUT2D eigenvalue weighted by molar-refractivity contribution is 0.318. The summed E-state index contributed by atoms with van der Waals surface area (Å²) < 4.78 is 0. The second kappa shape index (κ2) is 5.21. The van der Waals surface area contributed by atoms with Crippen LogP contribution in [0.25, 0.3) is 0 Å². The number of aromatic nitrogens is 1. The van der Waals surface area contributed by atoms with E-state index in [0.717, 1.165) is 25.2 Å². The lowest BCUT2D eigenvalue weighted by Gasteiger charge is -2.31. The van der Waals surface area contributed by atoms with Crippen LogP contribution in [0.15, 0.2) is 47.9 Å². The predicted octanol–water partition coefficient (Wildman–Crippen LogP) is 1.74. The van der Waals surface area contributed by atoms with Gasteiger partial charge < -0.3 is 15.8 Å². The Hall–Kier alpha value is -2.56. The molecule has 0 aliphatic carbocycles. The molecule has 0 amide bonds. The summed E-state index contributed by atoms with van der Waals surface area (Å²) in [5, 5.41) is 12.0. The van der Waals surface area contributed by atoms with Crippen LogP contribution in [0, 0.1) is 0 Å². The normalized spacial score (nSPS) is 15.0. The Morgan fingerprint density at radius 3 is 2.85 bits per heavy atom. The Labute approximate surface area is 117 Å². The molecule has 3 rings (SSSR count). The molecule has 1 aromatic heterocycles. The van der Waals surface area contributed by atoms with Gasteiger partial charge in [-0.15, -0.1) is 0 Å². The Kier molecular flexibility index (Phi) is 3.25. The van der Waals surface area contributed by atoms with Crippen molar-refractivity contribution in [3.63, 3.8) is 0 Å². The molecule has 1 aliphatic heterocycles. The predicted molar refractivity (Wildman–Crippen MR) is 77.9 cm³/mol. The molecule has 0 unspecified atom stereocenters. The van der Waals surface area contributed by atoms with Gasteiger partial charge in [-0.2, -0.15) is 0 Å². The zero-order valence-electron chi connectivity index (χ0n) is 11.0. The average Bonchev–Trinajstić information content (AvgIpc) is 2.53. The SMILES string of the molecule is N/C(=N/O)c1ccncc1N1CCc2ccccc2C1. The third-order valence-corrected chi connectivity index (χ3v) is 3.66. The average molecular weight is 268 g/mol. The van der Waals surface area contributed by atoms with Crippen LogP contribution in [0.2, 0.25) is 0 Å². The van der Waals surface area contributed by atoms with Crippen LogP contribution in [0.1, 0.15) is 16.7 Å². The number of oxime groups is 1. The number of nitrogens with zero attached hydrogens (tertiary/aromatic N) is 3. The van der Waals surface area contributed by atoms with Crippen LogP contribution in [0.3, 0.4) is 0 Å². The van der Waals surface area contributed by atoms with Gasteiger partial charge in [0.25, 0.3) is 0 Å². The molecule has 3 N–H and O–H groups in total. The van der Waals surface area contributed by atoms with E-state index < -0.39 is 0 Å². The first-order valence-corrected chi connectivity index (χ1v) is 6.53. The maximum Gasteiger partial charge on any atom is 0.172 e. The van der Waals surface area contributed by atoms with Crippen molar-refractivity contribution in [3.8, 4) is 0 Å². The standard InChI is InChI=1S/C15H16N4O/c16-15(18-20)13-5-7-17-9-14(13)19-8-6-11-3-1-2-4-12(11)10-19/h1-5,7,9,20H,6,8,10H2,(H2,16,18). The van der Waals surface area contributed by atoms with Crippen LogP contribution >= 0.6 is 0 Å². The van der Waals surface area contributed by atoms with Gasteiger partial charge in [-0.1, -0.05) is 29.4 Å². The van der Waals surface area contributed by atoms with Crippen molar-refractivity contribution in [2.75, 3.05) is 11.4 Å². The summed E-state index contributed by atoms with van der Waals surface area (Å²) in [5.74, 6) is 0.112. The molecular weight excluding hydrogens is 252 g/mol. The number of hydrogen-bond donors (Lipinski definition) is 2. The van der Waals surface area contributed by atoms with Crippen molar-refractivity contribution < 1.29 is 5.21 Å². The fourth-order valence-electron chi connectivity index (χ4n) is 2.61. The molecule has 20 heavy (non-hydrogen) atoms. The Morgan fingerprint density at radius 2 is 2.05 bits per heavy atom. The first-order valence-electron chi connectivity index (χ1n) is 6.53. The van der Waals surface area contributed by atoms with Gasteiger partial charge in [0.15, 0.2) is 5.84 Å². The second-order valence-corrected chi connectivity index (χ2v) is 4.82. The third-order valence-electron chi connectivity index (χ3n) is 3.66. The monoisotopic (exact) mass is 268 g/mol. The molecule has 0 spiro atoms. The molecule has 0 fully saturated rings. The van der Waals surface area contributed by atoms with Crippen molar-refractivity contribution >= 4 is 11.5 Å².